The van der Waals surface area contributed by atoms with Crippen LogP contribution in [0.1, 0.15) is 80.6 Å². The van der Waals surface area contributed by atoms with Crippen LogP contribution in [0.2, 0.25) is 0 Å². The van der Waals surface area contributed by atoms with Crippen molar-refractivity contribution >= 4 is 0 Å². The Kier molecular flexibility index (Phi) is 4.58. The molecule has 0 unspecified atom stereocenters. The molecule has 2 aliphatic rings. The molecule has 3 nitrogen and oxygen atoms in total. The highest BCUT2D eigenvalue weighted by molar-refractivity contribution is 5.25. The third-order valence-corrected chi connectivity index (χ3v) is 5.37. The molecule has 2 aliphatic carbocycles. The van der Waals surface area contributed by atoms with E-state index in [0.717, 1.165) is 24.3 Å². The average molecular weight is 287 g/mol. The summed E-state index contributed by atoms with van der Waals surface area (Å²) in [4.78, 5) is 9.71. The van der Waals surface area contributed by atoms with Crippen LogP contribution in [0.4, 0.5) is 0 Å². The molecule has 3 rings (SSSR count). The summed E-state index contributed by atoms with van der Waals surface area (Å²) >= 11 is 0. The second-order valence-corrected chi connectivity index (χ2v) is 7.01. The number of nitrogens with zero attached hydrogens (tertiary/aromatic N) is 2. The van der Waals surface area contributed by atoms with Gasteiger partial charge in [-0.25, -0.2) is 9.97 Å². The Labute approximate surface area is 129 Å². The summed E-state index contributed by atoms with van der Waals surface area (Å²) in [5.74, 6) is 2.64. The van der Waals surface area contributed by atoms with E-state index in [1.54, 1.807) is 0 Å². The molecule has 0 atom stereocenters. The standard InChI is InChI=1S/C18H29N3/c1-4-14-5-7-15(8-6-14)18-20-12(2)17(13(3)21-18)11-19-16-9-10-16/h14-16,19H,4-11H2,1-3H3. The molecule has 2 saturated carbocycles. The molecular formula is C18H29N3. The second kappa shape index (κ2) is 6.43. The highest BCUT2D eigenvalue weighted by Crippen LogP contribution is 2.36. The average Bonchev–Trinajstić information content (AvgIpc) is 3.30. The fourth-order valence-corrected chi connectivity index (χ4v) is 3.57. The van der Waals surface area contributed by atoms with Crippen molar-refractivity contribution in [3.05, 3.63) is 22.8 Å². The lowest BCUT2D eigenvalue weighted by atomic mass is 9.80. The molecule has 0 spiro atoms. The molecule has 0 saturated heterocycles. The van der Waals surface area contributed by atoms with Gasteiger partial charge in [0.2, 0.25) is 0 Å². The van der Waals surface area contributed by atoms with Crippen LogP contribution in [0.3, 0.4) is 0 Å². The monoisotopic (exact) mass is 287 g/mol. The van der Waals surface area contributed by atoms with Gasteiger partial charge in [0.1, 0.15) is 5.82 Å². The SMILES string of the molecule is CCC1CCC(c2nc(C)c(CNC3CC3)c(C)n2)CC1. The lowest BCUT2D eigenvalue weighted by Gasteiger charge is -2.27. The Morgan fingerprint density at radius 1 is 0.952 bits per heavy atom. The predicted molar refractivity (Wildman–Crippen MR) is 86.4 cm³/mol. The van der Waals surface area contributed by atoms with Crippen LogP contribution >= 0.6 is 0 Å². The van der Waals surface area contributed by atoms with Crippen molar-refractivity contribution in [1.82, 2.24) is 15.3 Å². The van der Waals surface area contributed by atoms with Gasteiger partial charge in [-0.3, -0.25) is 0 Å². The Hall–Kier alpha value is -0.960. The van der Waals surface area contributed by atoms with E-state index in [2.05, 4.69) is 26.1 Å². The minimum absolute atomic E-state index is 0.593. The molecule has 21 heavy (non-hydrogen) atoms. The minimum atomic E-state index is 0.593. The fourth-order valence-electron chi connectivity index (χ4n) is 3.57. The molecule has 1 heterocycles. The third-order valence-electron chi connectivity index (χ3n) is 5.37. The molecule has 0 radical (unpaired) electrons. The van der Waals surface area contributed by atoms with Gasteiger partial charge in [0, 0.05) is 35.5 Å². The molecule has 1 N–H and O–H groups in total. The van der Waals surface area contributed by atoms with E-state index >= 15 is 0 Å². The third kappa shape index (κ3) is 3.63. The van der Waals surface area contributed by atoms with Crippen molar-refractivity contribution < 1.29 is 0 Å². The van der Waals surface area contributed by atoms with Gasteiger partial charge in [-0.05, 0) is 58.3 Å². The lowest BCUT2D eigenvalue weighted by molar-refractivity contribution is 0.311. The number of rotatable bonds is 5. The summed E-state index contributed by atoms with van der Waals surface area (Å²) in [5, 5.41) is 3.59. The first-order valence-electron chi connectivity index (χ1n) is 8.74. The lowest BCUT2D eigenvalue weighted by Crippen LogP contribution is -2.20. The highest BCUT2D eigenvalue weighted by Gasteiger charge is 2.25. The number of aromatic nitrogens is 2. The first-order valence-corrected chi connectivity index (χ1v) is 8.74. The van der Waals surface area contributed by atoms with E-state index in [-0.39, 0.29) is 0 Å². The zero-order valence-corrected chi connectivity index (χ0v) is 13.8. The summed E-state index contributed by atoms with van der Waals surface area (Å²) in [7, 11) is 0. The number of hydrogen-bond acceptors (Lipinski definition) is 3. The zero-order chi connectivity index (χ0) is 14.8. The van der Waals surface area contributed by atoms with Gasteiger partial charge in [-0.15, -0.1) is 0 Å². The quantitative estimate of drug-likeness (QED) is 0.888. The highest BCUT2D eigenvalue weighted by atomic mass is 15.0. The largest absolute Gasteiger partial charge is 0.310 e. The predicted octanol–water partition coefficient (Wildman–Crippen LogP) is 4.03. The van der Waals surface area contributed by atoms with Crippen LogP contribution in [0.5, 0.6) is 0 Å². The van der Waals surface area contributed by atoms with E-state index in [1.807, 2.05) is 0 Å². The summed E-state index contributed by atoms with van der Waals surface area (Å²) in [5.41, 5.74) is 3.68. The van der Waals surface area contributed by atoms with E-state index in [9.17, 15) is 0 Å². The molecule has 0 bridgehead atoms. The van der Waals surface area contributed by atoms with Crippen molar-refractivity contribution in [1.29, 1.82) is 0 Å². The van der Waals surface area contributed by atoms with Crippen molar-refractivity contribution in [2.24, 2.45) is 5.92 Å². The van der Waals surface area contributed by atoms with Crippen molar-refractivity contribution in [3.63, 3.8) is 0 Å². The summed E-state index contributed by atoms with van der Waals surface area (Å²) < 4.78 is 0. The first kappa shape index (κ1) is 15.0. The van der Waals surface area contributed by atoms with Gasteiger partial charge in [-0.1, -0.05) is 13.3 Å². The smallest absolute Gasteiger partial charge is 0.131 e. The molecule has 1 aromatic rings. The van der Waals surface area contributed by atoms with E-state index in [0.29, 0.717) is 5.92 Å². The molecular weight excluding hydrogens is 258 g/mol. The first-order chi connectivity index (χ1) is 10.2. The maximum Gasteiger partial charge on any atom is 0.131 e. The number of hydrogen-bond donors (Lipinski definition) is 1. The zero-order valence-electron chi connectivity index (χ0n) is 13.8. The van der Waals surface area contributed by atoms with E-state index in [4.69, 9.17) is 9.97 Å². The Morgan fingerprint density at radius 3 is 2.10 bits per heavy atom. The summed E-state index contributed by atoms with van der Waals surface area (Å²) in [6.45, 7) is 7.56. The minimum Gasteiger partial charge on any atom is -0.310 e. The number of aryl methyl sites for hydroxylation is 2. The van der Waals surface area contributed by atoms with Crippen molar-refractivity contribution in [2.75, 3.05) is 0 Å². The van der Waals surface area contributed by atoms with Crippen LogP contribution in [-0.2, 0) is 6.54 Å². The Bertz CT molecular complexity index is 462. The van der Waals surface area contributed by atoms with E-state index in [1.165, 1.54) is 61.9 Å². The Morgan fingerprint density at radius 2 is 1.57 bits per heavy atom. The van der Waals surface area contributed by atoms with Gasteiger partial charge in [0.05, 0.1) is 0 Å². The van der Waals surface area contributed by atoms with Crippen LogP contribution in [-0.4, -0.2) is 16.0 Å². The topological polar surface area (TPSA) is 37.8 Å². The van der Waals surface area contributed by atoms with Crippen molar-refractivity contribution in [3.8, 4) is 0 Å². The maximum absolute atomic E-state index is 4.86. The normalized spacial score (nSPS) is 26.0. The molecule has 116 valence electrons. The van der Waals surface area contributed by atoms with Gasteiger partial charge >= 0.3 is 0 Å². The molecule has 0 aromatic carbocycles. The van der Waals surface area contributed by atoms with Crippen LogP contribution < -0.4 is 5.32 Å². The molecule has 2 fully saturated rings. The summed E-state index contributed by atoms with van der Waals surface area (Å²) in [6.07, 6.45) is 9.25. The van der Waals surface area contributed by atoms with Gasteiger partial charge < -0.3 is 5.32 Å². The number of nitrogens with one attached hydrogen (secondary N) is 1. The van der Waals surface area contributed by atoms with Crippen LogP contribution in [0.25, 0.3) is 0 Å². The molecule has 3 heteroatoms. The Balaban J connectivity index is 1.68. The van der Waals surface area contributed by atoms with Gasteiger partial charge in [0.15, 0.2) is 0 Å². The second-order valence-electron chi connectivity index (χ2n) is 7.01. The van der Waals surface area contributed by atoms with Gasteiger partial charge in [-0.2, -0.15) is 0 Å². The van der Waals surface area contributed by atoms with Crippen molar-refractivity contribution in [2.45, 2.75) is 84.2 Å². The van der Waals surface area contributed by atoms with Crippen LogP contribution in [0.15, 0.2) is 0 Å². The maximum atomic E-state index is 4.86. The van der Waals surface area contributed by atoms with Gasteiger partial charge in [0.25, 0.3) is 0 Å². The van der Waals surface area contributed by atoms with Crippen LogP contribution in [0, 0.1) is 19.8 Å². The molecule has 0 amide bonds. The fraction of sp³-hybridized carbons (Fsp3) is 0.778. The molecule has 0 aliphatic heterocycles. The van der Waals surface area contributed by atoms with E-state index < -0.39 is 0 Å². The molecule has 1 aromatic heterocycles. The summed E-state index contributed by atoms with van der Waals surface area (Å²) in [6, 6.07) is 0.743.